The normalized spacial score (nSPS) is 13.7. The van der Waals surface area contributed by atoms with Gasteiger partial charge in [-0.1, -0.05) is 0 Å². The molecule has 0 aromatic heterocycles. The molecular weight excluding hydrogens is 441 g/mol. The molecule has 0 amide bonds. The van der Waals surface area contributed by atoms with E-state index in [1.165, 1.54) is 0 Å². The van der Waals surface area contributed by atoms with Crippen molar-refractivity contribution in [1.29, 1.82) is 0 Å². The van der Waals surface area contributed by atoms with Gasteiger partial charge in [0.05, 0.1) is 12.8 Å². The van der Waals surface area contributed by atoms with Crippen molar-refractivity contribution in [2.24, 2.45) is 0 Å². The van der Waals surface area contributed by atoms with Crippen molar-refractivity contribution in [2.75, 3.05) is 0 Å². The molecule has 0 aromatic rings. The Labute approximate surface area is 180 Å². The summed E-state index contributed by atoms with van der Waals surface area (Å²) in [5.41, 5.74) is -1.74. The van der Waals surface area contributed by atoms with Gasteiger partial charge in [0, 0.05) is 0 Å². The van der Waals surface area contributed by atoms with E-state index in [9.17, 15) is 14.4 Å². The Balaban J connectivity index is 6.14. The monoisotopic (exact) mass is 480 g/mol. The highest BCUT2D eigenvalue weighted by Gasteiger charge is 2.50. The van der Waals surface area contributed by atoms with Gasteiger partial charge in [-0.3, -0.25) is 14.4 Å². The summed E-state index contributed by atoms with van der Waals surface area (Å²) in [6, 6.07) is 0. The van der Waals surface area contributed by atoms with Crippen LogP contribution in [0.2, 0.25) is 78.6 Å². The zero-order valence-electron chi connectivity index (χ0n) is 20.3. The van der Waals surface area contributed by atoms with Gasteiger partial charge < -0.3 is 17.7 Å². The van der Waals surface area contributed by atoms with Crippen molar-refractivity contribution >= 4 is 51.2 Å². The maximum atomic E-state index is 13.3. The van der Waals surface area contributed by atoms with Crippen LogP contribution in [-0.2, 0) is 32.1 Å². The molecule has 0 unspecified atom stereocenters. The van der Waals surface area contributed by atoms with Crippen molar-refractivity contribution in [3.05, 3.63) is 0 Å². The molecule has 0 aliphatic heterocycles. The molecule has 0 heterocycles. The van der Waals surface area contributed by atoms with Crippen LogP contribution in [0.15, 0.2) is 0 Å². The molecule has 0 rings (SSSR count). The first-order valence-electron chi connectivity index (χ1n) is 9.91. The van der Waals surface area contributed by atoms with Crippen LogP contribution in [0.25, 0.3) is 0 Å². The van der Waals surface area contributed by atoms with Gasteiger partial charge in [0.25, 0.3) is 11.9 Å². The summed E-state index contributed by atoms with van der Waals surface area (Å²) in [4.78, 5) is 38.7. The van der Waals surface area contributed by atoms with E-state index in [-0.39, 0.29) is 12.8 Å². The van der Waals surface area contributed by atoms with Crippen LogP contribution >= 0.6 is 0 Å². The van der Waals surface area contributed by atoms with Gasteiger partial charge in [-0.15, -0.1) is 0 Å². The quantitative estimate of drug-likeness (QED) is 0.426. The van der Waals surface area contributed by atoms with Crippen LogP contribution in [0.1, 0.15) is 12.8 Å². The first-order valence-corrected chi connectivity index (χ1v) is 23.5. The standard InChI is InChI=1S/C18H40O7Si4/c1-26(2,3)22-15(19)13-18(25-29(10,11)12,17(21)24-28(7,8)9)14-16(20)23-27(4,5)6/h13-14H2,1-12H3. The number of carbonyl (C=O) groups excluding carboxylic acids is 3. The van der Waals surface area contributed by atoms with E-state index in [0.29, 0.717) is 0 Å². The lowest BCUT2D eigenvalue weighted by atomic mass is 9.96. The third kappa shape index (κ3) is 13.2. The van der Waals surface area contributed by atoms with Crippen molar-refractivity contribution in [3.63, 3.8) is 0 Å². The molecular formula is C18H40O7Si4. The molecule has 0 radical (unpaired) electrons. The number of hydrogen-bond acceptors (Lipinski definition) is 7. The van der Waals surface area contributed by atoms with Crippen LogP contribution in [-0.4, -0.2) is 56.8 Å². The summed E-state index contributed by atoms with van der Waals surface area (Å²) in [5, 5.41) is 0. The topological polar surface area (TPSA) is 88.1 Å². The number of rotatable bonds is 10. The van der Waals surface area contributed by atoms with Crippen LogP contribution in [0.4, 0.5) is 0 Å². The molecule has 0 aromatic carbocycles. The minimum Gasteiger partial charge on any atom is -0.520 e. The second-order valence-electron chi connectivity index (χ2n) is 11.2. The van der Waals surface area contributed by atoms with Gasteiger partial charge in [-0.25, -0.2) is 0 Å². The highest BCUT2D eigenvalue weighted by molar-refractivity contribution is 6.72. The molecule has 0 aliphatic carbocycles. The van der Waals surface area contributed by atoms with Crippen molar-refractivity contribution in [1.82, 2.24) is 0 Å². The molecule has 7 nitrogen and oxygen atoms in total. The minimum atomic E-state index is -2.36. The number of carbonyl (C=O) groups is 3. The molecule has 0 N–H and O–H groups in total. The average Bonchev–Trinajstić information content (AvgIpc) is 2.28. The Kier molecular flexibility index (Phi) is 9.33. The lowest BCUT2D eigenvalue weighted by Gasteiger charge is -2.38. The maximum Gasteiger partial charge on any atom is 0.325 e. The smallest absolute Gasteiger partial charge is 0.325 e. The highest BCUT2D eigenvalue weighted by atomic mass is 28.4. The van der Waals surface area contributed by atoms with E-state index >= 15 is 0 Å². The predicted molar refractivity (Wildman–Crippen MR) is 125 cm³/mol. The summed E-state index contributed by atoms with van der Waals surface area (Å²) < 4.78 is 23.1. The molecule has 0 atom stereocenters. The molecule has 0 bridgehead atoms. The Morgan fingerprint density at radius 2 is 0.862 bits per heavy atom. The Hall–Kier alpha value is -0.762. The SMILES string of the molecule is C[Si](C)(C)OC(=O)CC(CC(=O)O[Si](C)(C)C)(O[Si](C)(C)C)C(=O)O[Si](C)(C)C. The van der Waals surface area contributed by atoms with Crippen molar-refractivity contribution in [2.45, 2.75) is 97.0 Å². The van der Waals surface area contributed by atoms with E-state index in [1.54, 1.807) is 0 Å². The molecule has 0 spiro atoms. The van der Waals surface area contributed by atoms with Crippen molar-refractivity contribution in [3.8, 4) is 0 Å². The lowest BCUT2D eigenvalue weighted by molar-refractivity contribution is -0.165. The van der Waals surface area contributed by atoms with Crippen LogP contribution in [0.5, 0.6) is 0 Å². The Morgan fingerprint density at radius 1 is 0.552 bits per heavy atom. The summed E-state index contributed by atoms with van der Waals surface area (Å²) >= 11 is 0. The predicted octanol–water partition coefficient (Wildman–Crippen LogP) is 4.49. The number of hydrogen-bond donors (Lipinski definition) is 0. The van der Waals surface area contributed by atoms with Gasteiger partial charge in [0.15, 0.2) is 13.9 Å². The van der Waals surface area contributed by atoms with Gasteiger partial charge in [-0.2, -0.15) is 0 Å². The minimum absolute atomic E-state index is 0.369. The van der Waals surface area contributed by atoms with E-state index in [4.69, 9.17) is 17.7 Å². The lowest BCUT2D eigenvalue weighted by Crippen LogP contribution is -2.55. The molecule has 0 saturated heterocycles. The summed E-state index contributed by atoms with van der Waals surface area (Å²) in [7, 11) is -9.03. The fourth-order valence-corrected chi connectivity index (χ4v) is 6.15. The van der Waals surface area contributed by atoms with Crippen LogP contribution < -0.4 is 0 Å². The third-order valence-electron chi connectivity index (χ3n) is 2.97. The molecule has 0 fully saturated rings. The van der Waals surface area contributed by atoms with Gasteiger partial charge in [-0.05, 0) is 78.6 Å². The van der Waals surface area contributed by atoms with Gasteiger partial charge in [0.2, 0.25) is 25.0 Å². The highest BCUT2D eigenvalue weighted by Crippen LogP contribution is 2.31. The summed E-state index contributed by atoms with van der Waals surface area (Å²) in [6.45, 7) is 22.6. The molecule has 0 saturated carbocycles. The summed E-state index contributed by atoms with van der Waals surface area (Å²) in [5.74, 6) is -1.80. The zero-order chi connectivity index (χ0) is 23.5. The average molecular weight is 481 g/mol. The maximum absolute atomic E-state index is 13.3. The molecule has 170 valence electrons. The molecule has 29 heavy (non-hydrogen) atoms. The van der Waals surface area contributed by atoms with E-state index in [2.05, 4.69) is 0 Å². The zero-order valence-corrected chi connectivity index (χ0v) is 24.3. The Morgan fingerprint density at radius 3 is 1.10 bits per heavy atom. The van der Waals surface area contributed by atoms with E-state index in [1.807, 2.05) is 78.6 Å². The van der Waals surface area contributed by atoms with E-state index < -0.39 is 56.8 Å². The molecule has 11 heteroatoms. The van der Waals surface area contributed by atoms with Gasteiger partial charge in [0.1, 0.15) is 0 Å². The first kappa shape index (κ1) is 28.2. The van der Waals surface area contributed by atoms with Crippen LogP contribution in [0, 0.1) is 0 Å². The second kappa shape index (κ2) is 9.58. The van der Waals surface area contributed by atoms with Gasteiger partial charge >= 0.3 is 5.97 Å². The fraction of sp³-hybridized carbons (Fsp3) is 0.833. The summed E-state index contributed by atoms with van der Waals surface area (Å²) in [6.07, 6.45) is -0.739. The largest absolute Gasteiger partial charge is 0.520 e. The first-order chi connectivity index (χ1) is 12.5. The Bertz CT molecular complexity index is 578. The van der Waals surface area contributed by atoms with E-state index in [0.717, 1.165) is 0 Å². The second-order valence-corrected chi connectivity index (χ2v) is 29.0. The van der Waals surface area contributed by atoms with Crippen molar-refractivity contribution < 1.29 is 32.1 Å². The van der Waals surface area contributed by atoms with Crippen LogP contribution in [0.3, 0.4) is 0 Å². The third-order valence-corrected chi connectivity index (χ3v) is 6.45. The molecule has 0 aliphatic rings. The fourth-order valence-electron chi connectivity index (χ4n) is 2.50.